The molecule has 532 valence electrons. The lowest BCUT2D eigenvalue weighted by Gasteiger charge is -2.39. The van der Waals surface area contributed by atoms with Gasteiger partial charge in [0.25, 0.3) is 0 Å². The first-order valence-corrected chi connectivity index (χ1v) is 39.1. The Morgan fingerprint density at radius 2 is 0.637 bits per heavy atom. The van der Waals surface area contributed by atoms with Gasteiger partial charge in [-0.25, -0.2) is 0 Å². The molecule has 0 fully saturated rings. The minimum absolute atomic E-state index is 0.413. The molecular weight excluding hydrogens is 1450 g/mol. The SMILES string of the molecule is Brc1ccc2c(c1)C1(c3ccccc3Oc3ccccc31)c1cc3ccccc3cc1-2.c1ccc(-c2ccccc2N(c2ccc3c(c2)C2(c4ccccc4Oc4ccccc42)c2cc4ccccc4cc2-3)c2ccc3c(c2)oc2ccccc23)cc1.c1ccc(-c2ccccc2Nc2ccc3c(c2)oc2ccccc23)cc1. The maximum Gasteiger partial charge on any atom is 0.137 e. The predicted octanol–water partition coefficient (Wildman–Crippen LogP) is 29.4. The summed E-state index contributed by atoms with van der Waals surface area (Å²) >= 11 is 3.75. The van der Waals surface area contributed by atoms with Crippen molar-refractivity contribution in [3.05, 3.63) is 449 Å². The Hall–Kier alpha value is -14.2. The minimum Gasteiger partial charge on any atom is -0.457 e. The van der Waals surface area contributed by atoms with Gasteiger partial charge in [0.1, 0.15) is 45.3 Å². The standard InChI is InChI=1S/C53H33NO2.C29H17BrO.C24H17NO/c1-2-14-34(15-3-1)39-18-6-10-22-48(39)54(38-27-29-42-41-19-7-11-23-49(41)55-52(42)33-38)37-26-28-40-43-30-35-16-4-5-17-36(35)31-46(43)53(47(40)32-37)44-20-8-12-24-50(44)56-51-25-13-9-21-45(51)53;30-20-13-14-21-22-15-18-7-1-2-8-19(18)16-25(22)29(26(21)17-20)23-9-3-5-11-27(23)31-28-12-6-4-10-24(28)29;1-2-8-17(9-3-1)19-10-4-6-12-22(19)25-18-14-15-21-20-11-5-7-13-23(20)26-24(21)16-18/h1-33H;1-17H;1-16,25H. The van der Waals surface area contributed by atoms with Crippen molar-refractivity contribution in [3.8, 4) is 67.5 Å². The van der Waals surface area contributed by atoms with Crippen molar-refractivity contribution >= 4 is 110 Å². The number of hydrogen-bond acceptors (Lipinski definition) is 6. The third-order valence-electron chi connectivity index (χ3n) is 23.3. The van der Waals surface area contributed by atoms with Gasteiger partial charge >= 0.3 is 0 Å². The number of benzene rings is 18. The predicted molar refractivity (Wildman–Crippen MR) is 467 cm³/mol. The van der Waals surface area contributed by atoms with Crippen LogP contribution in [0.5, 0.6) is 23.0 Å². The van der Waals surface area contributed by atoms with E-state index in [1.807, 2.05) is 36.4 Å². The zero-order chi connectivity index (χ0) is 74.7. The first kappa shape index (κ1) is 65.8. The van der Waals surface area contributed by atoms with Crippen LogP contribution in [0.4, 0.5) is 28.4 Å². The molecule has 0 saturated carbocycles. The molecule has 2 aliphatic carbocycles. The molecule has 20 aromatic rings. The Balaban J connectivity index is 0.000000115. The minimum atomic E-state index is -0.622. The highest BCUT2D eigenvalue weighted by Crippen LogP contribution is 2.65. The van der Waals surface area contributed by atoms with Crippen LogP contribution in [0.3, 0.4) is 0 Å². The third kappa shape index (κ3) is 10.5. The molecule has 18 aromatic carbocycles. The largest absolute Gasteiger partial charge is 0.457 e. The van der Waals surface area contributed by atoms with Crippen LogP contribution in [0.25, 0.3) is 110 Å². The van der Waals surface area contributed by atoms with Crippen LogP contribution in [-0.4, -0.2) is 0 Å². The summed E-state index contributed by atoms with van der Waals surface area (Å²) in [7, 11) is 0. The van der Waals surface area contributed by atoms with E-state index in [1.54, 1.807) is 0 Å². The van der Waals surface area contributed by atoms with Gasteiger partial charge in [0.2, 0.25) is 0 Å². The van der Waals surface area contributed by atoms with Gasteiger partial charge in [-0.15, -0.1) is 0 Å². The van der Waals surface area contributed by atoms with Crippen molar-refractivity contribution in [3.63, 3.8) is 0 Å². The molecule has 1 N–H and O–H groups in total. The van der Waals surface area contributed by atoms with E-state index in [0.29, 0.717) is 0 Å². The summed E-state index contributed by atoms with van der Waals surface area (Å²) in [6, 6.07) is 142. The average molecular weight is 1510 g/mol. The fourth-order valence-electron chi connectivity index (χ4n) is 18.5. The highest BCUT2D eigenvalue weighted by molar-refractivity contribution is 9.10. The number of fused-ring (bicyclic) bond motifs is 26. The number of hydrogen-bond donors (Lipinski definition) is 1. The molecule has 4 aliphatic rings. The highest BCUT2D eigenvalue weighted by Gasteiger charge is 2.53. The Morgan fingerprint density at radius 1 is 0.248 bits per heavy atom. The van der Waals surface area contributed by atoms with Crippen molar-refractivity contribution < 1.29 is 18.3 Å². The number of halogens is 1. The molecule has 6 nitrogen and oxygen atoms in total. The molecule has 4 heterocycles. The topological polar surface area (TPSA) is 60.0 Å². The maximum absolute atomic E-state index is 6.71. The summed E-state index contributed by atoms with van der Waals surface area (Å²) in [5.41, 5.74) is 27.3. The maximum atomic E-state index is 6.71. The molecule has 0 bridgehead atoms. The van der Waals surface area contributed by atoms with Crippen LogP contribution < -0.4 is 19.7 Å². The summed E-state index contributed by atoms with van der Waals surface area (Å²) < 4.78 is 26.7. The molecular formula is C106H67BrN2O4. The summed E-state index contributed by atoms with van der Waals surface area (Å²) in [5, 5.41) is 13.0. The number of para-hydroxylation sites is 8. The number of rotatable bonds is 7. The lowest BCUT2D eigenvalue weighted by molar-refractivity contribution is 0.436. The van der Waals surface area contributed by atoms with E-state index in [0.717, 1.165) is 122 Å². The van der Waals surface area contributed by atoms with Gasteiger partial charge < -0.3 is 28.5 Å². The van der Waals surface area contributed by atoms with E-state index >= 15 is 0 Å². The molecule has 2 aliphatic heterocycles. The van der Waals surface area contributed by atoms with Crippen molar-refractivity contribution in [2.45, 2.75) is 10.8 Å². The molecule has 7 heteroatoms. The van der Waals surface area contributed by atoms with Gasteiger partial charge in [-0.2, -0.15) is 0 Å². The van der Waals surface area contributed by atoms with Crippen molar-refractivity contribution in [2.75, 3.05) is 10.2 Å². The van der Waals surface area contributed by atoms with Gasteiger partial charge in [-0.3, -0.25) is 0 Å². The van der Waals surface area contributed by atoms with Crippen molar-refractivity contribution in [2.24, 2.45) is 0 Å². The first-order chi connectivity index (χ1) is 55.9. The summed E-state index contributed by atoms with van der Waals surface area (Å²) in [6.45, 7) is 0. The summed E-state index contributed by atoms with van der Waals surface area (Å²) in [4.78, 5) is 2.40. The number of ether oxygens (including phenoxy) is 2. The molecule has 113 heavy (non-hydrogen) atoms. The van der Waals surface area contributed by atoms with Crippen LogP contribution in [0.1, 0.15) is 44.5 Å². The fourth-order valence-corrected chi connectivity index (χ4v) is 18.9. The molecule has 24 rings (SSSR count). The second kappa shape index (κ2) is 26.5. The van der Waals surface area contributed by atoms with Crippen LogP contribution in [0.2, 0.25) is 0 Å². The molecule has 2 aromatic heterocycles. The normalized spacial score (nSPS) is 13.1. The monoisotopic (exact) mass is 1510 g/mol. The number of nitrogens with zero attached hydrogens (tertiary/aromatic N) is 1. The van der Waals surface area contributed by atoms with E-state index in [4.69, 9.17) is 18.3 Å². The van der Waals surface area contributed by atoms with Crippen molar-refractivity contribution in [1.29, 1.82) is 0 Å². The second-order valence-electron chi connectivity index (χ2n) is 29.4. The molecule has 0 atom stereocenters. The smallest absolute Gasteiger partial charge is 0.137 e. The molecule has 0 radical (unpaired) electrons. The van der Waals surface area contributed by atoms with Gasteiger partial charge in [0.15, 0.2) is 0 Å². The number of anilines is 5. The zero-order valence-electron chi connectivity index (χ0n) is 61.1. The number of furan rings is 2. The molecule has 2 spiro atoms. The second-order valence-corrected chi connectivity index (χ2v) is 30.4. The van der Waals surface area contributed by atoms with Gasteiger partial charge in [-0.1, -0.05) is 283 Å². The van der Waals surface area contributed by atoms with E-state index in [1.165, 1.54) is 88.3 Å². The van der Waals surface area contributed by atoms with E-state index in [9.17, 15) is 0 Å². The average Bonchev–Trinajstić information content (AvgIpc) is 1.54. The Morgan fingerprint density at radius 3 is 1.19 bits per heavy atom. The van der Waals surface area contributed by atoms with Gasteiger partial charge in [0, 0.05) is 94.3 Å². The molecule has 0 saturated heterocycles. The quantitative estimate of drug-likeness (QED) is 0.172. The van der Waals surface area contributed by atoms with E-state index in [2.05, 4.69) is 390 Å². The zero-order valence-corrected chi connectivity index (χ0v) is 62.6. The Kier molecular flexibility index (Phi) is 15.4. The van der Waals surface area contributed by atoms with Crippen molar-refractivity contribution in [1.82, 2.24) is 0 Å². The van der Waals surface area contributed by atoms with E-state index < -0.39 is 10.8 Å². The third-order valence-corrected chi connectivity index (χ3v) is 23.8. The Bertz CT molecular complexity index is 7130. The first-order valence-electron chi connectivity index (χ1n) is 38.3. The summed E-state index contributed by atoms with van der Waals surface area (Å²) in [5.74, 6) is 3.61. The Labute approximate surface area is 661 Å². The fraction of sp³-hybridized carbons (Fsp3) is 0.0189. The lowest BCUT2D eigenvalue weighted by Crippen LogP contribution is -2.32. The van der Waals surface area contributed by atoms with Crippen LogP contribution in [-0.2, 0) is 10.8 Å². The lowest BCUT2D eigenvalue weighted by atomic mass is 9.66. The molecule has 0 amide bonds. The summed E-state index contributed by atoms with van der Waals surface area (Å²) in [6.07, 6.45) is 0. The number of nitrogens with one attached hydrogen (secondary N) is 1. The highest BCUT2D eigenvalue weighted by atomic mass is 79.9. The van der Waals surface area contributed by atoms with Gasteiger partial charge in [0.05, 0.1) is 16.5 Å². The van der Waals surface area contributed by atoms with Crippen LogP contribution in [0.15, 0.2) is 414 Å². The van der Waals surface area contributed by atoms with Gasteiger partial charge in [-0.05, 0) is 199 Å². The van der Waals surface area contributed by atoms with E-state index in [-0.39, 0.29) is 0 Å². The van der Waals surface area contributed by atoms with Crippen LogP contribution in [0, 0.1) is 0 Å². The molecule has 0 unspecified atom stereocenters. The van der Waals surface area contributed by atoms with Crippen LogP contribution >= 0.6 is 15.9 Å².